The standard InChI is InChI=1S/C25H25N7O3S.C24H21ClFN7O.C24H22FN7O/c1-3-30-16-21(23(29-30)22-11-12-27-24(26)28-22)17-5-4-6-19(15-17)32-14-13-31(25(32)33)18-7-9-20(10-8-18)36(2,34)35;1-2-31-14-18(22(30-31)21-8-9-28-23(27)29-21)15-4-3-5-16(12-15)32-10-11-33(24(32)34)17-6-7-20(26)19(25)13-17;1-2-30-15-20(22(29-30)21-10-11-27-23(26)28-21)16-4-3-5-19(14-16)32-13-12-31(24(32)33)18-8-6-17(25)7-9-18/h4-12,15-16H,3,13-14H2,1-2H3,(H2,26,27,28);3-9,12-14H,2,10-11H2,1H3,(H2,27,28,29);3-11,14-15H,2,12-13H2,1H3,(H2,26,27,28). The maximum atomic E-state index is 13.6. The van der Waals surface area contributed by atoms with Crippen LogP contribution in [-0.4, -0.2) is 131 Å². The van der Waals surface area contributed by atoms with Crippen LogP contribution in [0.2, 0.25) is 5.02 Å². The summed E-state index contributed by atoms with van der Waals surface area (Å²) >= 11 is 5.92. The second kappa shape index (κ2) is 29.4. The lowest BCUT2D eigenvalue weighted by atomic mass is 10.0. The molecule has 3 aliphatic rings. The van der Waals surface area contributed by atoms with Gasteiger partial charge in [-0.2, -0.15) is 15.3 Å². The van der Waals surface area contributed by atoms with E-state index < -0.39 is 15.7 Å². The molecule has 0 bridgehead atoms. The topological polar surface area (TPSA) is 314 Å². The van der Waals surface area contributed by atoms with Crippen LogP contribution in [0, 0.1) is 11.6 Å². The van der Waals surface area contributed by atoms with Gasteiger partial charge in [-0.3, -0.25) is 43.4 Å². The lowest BCUT2D eigenvalue weighted by Gasteiger charge is -2.19. The van der Waals surface area contributed by atoms with E-state index in [9.17, 15) is 31.6 Å². The molecule has 0 radical (unpaired) electrons. The van der Waals surface area contributed by atoms with Crippen LogP contribution in [0.3, 0.4) is 0 Å². The van der Waals surface area contributed by atoms with Crippen LogP contribution in [-0.2, 0) is 29.5 Å². The number of rotatable bonds is 16. The Labute approximate surface area is 595 Å². The molecule has 103 heavy (non-hydrogen) atoms. The van der Waals surface area contributed by atoms with Gasteiger partial charge >= 0.3 is 18.1 Å². The quantitative estimate of drug-likeness (QED) is 0.0809. The summed E-state index contributed by atoms with van der Waals surface area (Å²) in [4.78, 5) is 74.7. The summed E-state index contributed by atoms with van der Waals surface area (Å²) in [6.07, 6.45) is 11.8. The third-order valence-electron chi connectivity index (χ3n) is 17.4. The number of nitrogen functional groups attached to an aromatic ring is 3. The Balaban J connectivity index is 0.000000138. The van der Waals surface area contributed by atoms with E-state index in [0.29, 0.717) is 110 Å². The summed E-state index contributed by atoms with van der Waals surface area (Å²) in [5.41, 5.74) is 30.8. The summed E-state index contributed by atoms with van der Waals surface area (Å²) < 4.78 is 55.9. The predicted molar refractivity (Wildman–Crippen MR) is 394 cm³/mol. The van der Waals surface area contributed by atoms with E-state index in [1.54, 1.807) is 96.5 Å². The molecule has 26 nitrogen and oxygen atoms in total. The van der Waals surface area contributed by atoms with Crippen LogP contribution < -0.4 is 46.6 Å². The molecule has 6 aromatic heterocycles. The van der Waals surface area contributed by atoms with Gasteiger partial charge in [-0.05, 0) is 159 Å². The van der Waals surface area contributed by atoms with Crippen molar-refractivity contribution in [2.75, 3.05) is 92.1 Å². The van der Waals surface area contributed by atoms with Gasteiger partial charge in [0, 0.05) is 153 Å². The predicted octanol–water partition coefficient (Wildman–Crippen LogP) is 12.5. The van der Waals surface area contributed by atoms with Gasteiger partial charge in [-0.25, -0.2) is 61.5 Å². The second-order valence-corrected chi connectivity index (χ2v) is 26.3. The Morgan fingerprint density at radius 1 is 0.417 bits per heavy atom. The zero-order valence-electron chi connectivity index (χ0n) is 56.2. The maximum absolute atomic E-state index is 13.6. The molecule has 6 amide bonds. The number of nitrogens with zero attached hydrogens (tertiary/aromatic N) is 18. The van der Waals surface area contributed by atoms with Crippen molar-refractivity contribution < 1.29 is 31.6 Å². The van der Waals surface area contributed by atoms with E-state index in [0.717, 1.165) is 56.7 Å². The van der Waals surface area contributed by atoms with Crippen LogP contribution >= 0.6 is 11.6 Å². The average Bonchev–Trinajstić information content (AvgIpc) is 1.66. The largest absolute Gasteiger partial charge is 0.368 e. The highest BCUT2D eigenvalue weighted by Crippen LogP contribution is 2.39. The Morgan fingerprint density at radius 2 is 0.728 bits per heavy atom. The molecule has 9 heterocycles. The fourth-order valence-electron chi connectivity index (χ4n) is 12.2. The minimum absolute atomic E-state index is 0.0171. The maximum Gasteiger partial charge on any atom is 0.329 e. The van der Waals surface area contributed by atoms with Crippen molar-refractivity contribution in [3.8, 4) is 67.5 Å². The molecule has 522 valence electrons. The number of hydrogen-bond acceptors (Lipinski definition) is 17. The highest BCUT2D eigenvalue weighted by atomic mass is 35.5. The molecule has 0 aliphatic carbocycles. The Kier molecular flexibility index (Phi) is 19.7. The van der Waals surface area contributed by atoms with Gasteiger partial charge in [0.2, 0.25) is 17.8 Å². The van der Waals surface area contributed by atoms with E-state index in [-0.39, 0.29) is 51.7 Å². The number of hydrogen-bond donors (Lipinski definition) is 3. The van der Waals surface area contributed by atoms with Crippen LogP contribution in [0.15, 0.2) is 200 Å². The smallest absolute Gasteiger partial charge is 0.329 e. The first-order valence-corrected chi connectivity index (χ1v) is 35.1. The molecular weight excluding hydrogens is 1360 g/mol. The van der Waals surface area contributed by atoms with Gasteiger partial charge in [0.15, 0.2) is 9.84 Å². The van der Waals surface area contributed by atoms with Crippen molar-refractivity contribution in [2.24, 2.45) is 0 Å². The molecule has 30 heteroatoms. The minimum Gasteiger partial charge on any atom is -0.368 e. The SMILES string of the molecule is CCn1cc(-c2cccc(N3CCN(c4ccc(F)c(Cl)c4)C3=O)c2)c(-c2ccnc(N)n2)n1.CCn1cc(-c2cccc(N3CCN(c4ccc(F)cc4)C3=O)c2)c(-c2ccnc(N)n2)n1.CCn1cc(-c2cccc(N3CCN(c4ccc(S(C)(=O)=O)cc4)C3=O)c2)c(-c2ccnc(N)n2)n1. The van der Waals surface area contributed by atoms with Crippen LogP contribution in [0.25, 0.3) is 67.5 Å². The zero-order valence-corrected chi connectivity index (χ0v) is 57.8. The molecule has 3 saturated heterocycles. The number of carbonyl (C=O) groups is 3. The zero-order chi connectivity index (χ0) is 72.2. The molecule has 0 atom stereocenters. The number of aromatic nitrogens is 12. The normalized spacial score (nSPS) is 13.8. The fraction of sp³-hybridized carbons (Fsp3) is 0.178. The van der Waals surface area contributed by atoms with Crippen molar-refractivity contribution >= 4 is 91.5 Å². The highest BCUT2D eigenvalue weighted by molar-refractivity contribution is 7.90. The van der Waals surface area contributed by atoms with Crippen LogP contribution in [0.4, 0.5) is 75.1 Å². The van der Waals surface area contributed by atoms with E-state index in [1.165, 1.54) is 36.4 Å². The molecule has 0 spiro atoms. The summed E-state index contributed by atoms with van der Waals surface area (Å²) in [5, 5.41) is 14.0. The van der Waals surface area contributed by atoms with E-state index >= 15 is 0 Å². The number of benzene rings is 6. The monoisotopic (exact) mass is 1420 g/mol. The summed E-state index contributed by atoms with van der Waals surface area (Å²) in [6, 6.07) is 44.6. The number of urea groups is 3. The fourth-order valence-corrected chi connectivity index (χ4v) is 13.0. The van der Waals surface area contributed by atoms with Gasteiger partial charge in [0.05, 0.1) is 27.0 Å². The van der Waals surface area contributed by atoms with E-state index in [4.69, 9.17) is 28.8 Å². The van der Waals surface area contributed by atoms with Crippen molar-refractivity contribution in [1.82, 2.24) is 59.2 Å². The van der Waals surface area contributed by atoms with Gasteiger partial charge in [-0.1, -0.05) is 48.0 Å². The van der Waals surface area contributed by atoms with E-state index in [2.05, 4.69) is 45.2 Å². The number of aryl methyl sites for hydroxylation is 3. The van der Waals surface area contributed by atoms with Crippen molar-refractivity contribution in [2.45, 2.75) is 45.3 Å². The van der Waals surface area contributed by atoms with Crippen molar-refractivity contribution in [1.29, 1.82) is 0 Å². The third kappa shape index (κ3) is 14.8. The minimum atomic E-state index is -3.30. The first kappa shape index (κ1) is 69.0. The molecule has 12 aromatic rings. The number of carbonyl (C=O) groups excluding carboxylic acids is 3. The molecular formula is C73H68ClF2N21O5S. The highest BCUT2D eigenvalue weighted by Gasteiger charge is 2.35. The number of halogens is 3. The van der Waals surface area contributed by atoms with Crippen molar-refractivity contribution in [3.63, 3.8) is 0 Å². The molecule has 0 saturated carbocycles. The number of sulfone groups is 1. The van der Waals surface area contributed by atoms with Crippen molar-refractivity contribution in [3.05, 3.63) is 212 Å². The third-order valence-corrected chi connectivity index (χ3v) is 18.8. The summed E-state index contributed by atoms with van der Waals surface area (Å²) in [6.45, 7) is 11.1. The molecule has 15 rings (SSSR count). The molecule has 3 aliphatic heterocycles. The number of nitrogens with two attached hydrogens (primary N) is 3. The van der Waals surface area contributed by atoms with E-state index in [1.807, 2.05) is 126 Å². The van der Waals surface area contributed by atoms with Gasteiger partial charge in [-0.15, -0.1) is 0 Å². The number of amides is 6. The molecule has 0 unspecified atom stereocenters. The Morgan fingerprint density at radius 3 is 1.04 bits per heavy atom. The summed E-state index contributed by atoms with van der Waals surface area (Å²) in [7, 11) is -3.30. The Hall–Kier alpha value is -12.5. The van der Waals surface area contributed by atoms with Crippen LogP contribution in [0.5, 0.6) is 0 Å². The van der Waals surface area contributed by atoms with Gasteiger partial charge in [0.1, 0.15) is 28.7 Å². The summed E-state index contributed by atoms with van der Waals surface area (Å²) in [5.74, 6) is -0.321. The van der Waals surface area contributed by atoms with Gasteiger partial charge in [0.25, 0.3) is 0 Å². The first-order valence-electron chi connectivity index (χ1n) is 32.8. The molecule has 6 N–H and O–H groups in total. The molecule has 6 aromatic carbocycles. The average molecular weight is 1430 g/mol. The molecule has 3 fully saturated rings. The van der Waals surface area contributed by atoms with Gasteiger partial charge < -0.3 is 17.2 Å². The number of anilines is 9. The second-order valence-electron chi connectivity index (χ2n) is 23.9. The lowest BCUT2D eigenvalue weighted by Crippen LogP contribution is -2.31. The first-order chi connectivity index (χ1) is 49.7. The van der Waals surface area contributed by atoms with Crippen LogP contribution in [0.1, 0.15) is 20.8 Å². The Bertz CT molecular complexity index is 5290. The lowest BCUT2D eigenvalue weighted by molar-refractivity contribution is 0.255.